The molecule has 1 saturated heterocycles. The summed E-state index contributed by atoms with van der Waals surface area (Å²) in [6, 6.07) is 9.85. The minimum atomic E-state index is 0.00223. The number of nitrogens with zero attached hydrogens (tertiary/aromatic N) is 1. The first-order valence-electron chi connectivity index (χ1n) is 10.1. The Hall–Kier alpha value is -2.70. The third-order valence-electron chi connectivity index (χ3n) is 5.57. The first kappa shape index (κ1) is 19.6. The molecule has 0 spiro atoms. The topological polar surface area (TPSA) is 86.5 Å². The van der Waals surface area contributed by atoms with Crippen LogP contribution in [0.25, 0.3) is 11.1 Å². The zero-order valence-electron chi connectivity index (χ0n) is 16.5. The van der Waals surface area contributed by atoms with Gasteiger partial charge in [-0.1, -0.05) is 12.1 Å². The van der Waals surface area contributed by atoms with Crippen molar-refractivity contribution in [2.45, 2.75) is 31.9 Å². The Morgan fingerprint density at radius 1 is 1.28 bits per heavy atom. The van der Waals surface area contributed by atoms with Gasteiger partial charge in [0.15, 0.2) is 0 Å². The lowest BCUT2D eigenvalue weighted by molar-refractivity contribution is -0.117. The van der Waals surface area contributed by atoms with Crippen LogP contribution in [0.4, 0.5) is 5.82 Å². The van der Waals surface area contributed by atoms with Crippen LogP contribution in [0.15, 0.2) is 49.2 Å². The molecular weight excluding hydrogens is 366 g/mol. The van der Waals surface area contributed by atoms with Gasteiger partial charge in [0.2, 0.25) is 5.91 Å². The maximum absolute atomic E-state index is 12.3. The second kappa shape index (κ2) is 8.76. The summed E-state index contributed by atoms with van der Waals surface area (Å²) in [5.74, 6) is 1.69. The molecule has 6 heteroatoms. The van der Waals surface area contributed by atoms with E-state index in [2.05, 4.69) is 16.9 Å². The summed E-state index contributed by atoms with van der Waals surface area (Å²) in [7, 11) is 0. The molecule has 1 saturated carbocycles. The van der Waals surface area contributed by atoms with Gasteiger partial charge in [-0.05, 0) is 47.7 Å². The standard InChI is InChI=1S/C23H27N3O3/c1-2-15-12-20(15)23(27)26-22-13-17(5-8-25-22)16-3-4-21(18(11-16)14-24)29-19-6-9-28-10-7-19/h2-5,8,11,13,15,19-20H,1,6-7,9-10,12,14,24H2,(H,25,26,27)/t15-,20-/m1/s1. The van der Waals surface area contributed by atoms with E-state index in [1.807, 2.05) is 36.4 Å². The normalized spacial score (nSPS) is 21.4. The molecule has 1 aromatic carbocycles. The van der Waals surface area contributed by atoms with Crippen molar-refractivity contribution in [2.24, 2.45) is 17.6 Å². The minimum Gasteiger partial charge on any atom is -0.490 e. The van der Waals surface area contributed by atoms with Crippen LogP contribution in [0.1, 0.15) is 24.8 Å². The highest BCUT2D eigenvalue weighted by Gasteiger charge is 2.40. The van der Waals surface area contributed by atoms with E-state index in [-0.39, 0.29) is 23.8 Å². The van der Waals surface area contributed by atoms with Crippen LogP contribution < -0.4 is 15.8 Å². The van der Waals surface area contributed by atoms with Crippen LogP contribution in [-0.4, -0.2) is 30.2 Å². The SMILES string of the molecule is C=C[C@@H]1C[C@H]1C(=O)Nc1cc(-c2ccc(OC3CCOCC3)c(CN)c2)ccn1. The molecule has 0 unspecified atom stereocenters. The number of hydrogen-bond donors (Lipinski definition) is 2. The number of carbonyl (C=O) groups excluding carboxylic acids is 1. The van der Waals surface area contributed by atoms with Crippen LogP contribution in [-0.2, 0) is 16.1 Å². The van der Waals surface area contributed by atoms with Gasteiger partial charge in [-0.3, -0.25) is 4.79 Å². The second-order valence-corrected chi connectivity index (χ2v) is 7.62. The van der Waals surface area contributed by atoms with Gasteiger partial charge in [0.25, 0.3) is 0 Å². The molecule has 6 nitrogen and oxygen atoms in total. The van der Waals surface area contributed by atoms with E-state index in [0.29, 0.717) is 12.4 Å². The fourth-order valence-corrected chi connectivity index (χ4v) is 3.68. The van der Waals surface area contributed by atoms with Crippen molar-refractivity contribution in [3.8, 4) is 16.9 Å². The van der Waals surface area contributed by atoms with E-state index in [1.165, 1.54) is 0 Å². The summed E-state index contributed by atoms with van der Waals surface area (Å²) in [5, 5.41) is 2.91. The van der Waals surface area contributed by atoms with Gasteiger partial charge in [0.05, 0.1) is 13.2 Å². The highest BCUT2D eigenvalue weighted by Crippen LogP contribution is 2.40. The number of anilines is 1. The molecule has 0 bridgehead atoms. The lowest BCUT2D eigenvalue weighted by atomic mass is 10.0. The highest BCUT2D eigenvalue weighted by molar-refractivity contribution is 5.94. The Bertz CT molecular complexity index is 893. The molecule has 4 rings (SSSR count). The third kappa shape index (κ3) is 4.66. The summed E-state index contributed by atoms with van der Waals surface area (Å²) in [5.41, 5.74) is 8.93. The maximum Gasteiger partial charge on any atom is 0.229 e. The maximum atomic E-state index is 12.3. The summed E-state index contributed by atoms with van der Waals surface area (Å²) in [4.78, 5) is 16.6. The second-order valence-electron chi connectivity index (χ2n) is 7.62. The molecule has 152 valence electrons. The van der Waals surface area contributed by atoms with Crippen LogP contribution >= 0.6 is 0 Å². The summed E-state index contributed by atoms with van der Waals surface area (Å²) < 4.78 is 11.6. The zero-order chi connectivity index (χ0) is 20.2. The summed E-state index contributed by atoms with van der Waals surface area (Å²) >= 11 is 0. The molecule has 29 heavy (non-hydrogen) atoms. The fraction of sp³-hybridized carbons (Fsp3) is 0.391. The number of amides is 1. The van der Waals surface area contributed by atoms with Crippen molar-refractivity contribution >= 4 is 11.7 Å². The van der Waals surface area contributed by atoms with Crippen LogP contribution in [0.2, 0.25) is 0 Å². The molecule has 2 aliphatic rings. The Kier molecular flexibility index (Phi) is 5.92. The molecule has 1 aliphatic carbocycles. The van der Waals surface area contributed by atoms with Gasteiger partial charge in [-0.2, -0.15) is 0 Å². The fourth-order valence-electron chi connectivity index (χ4n) is 3.68. The predicted molar refractivity (Wildman–Crippen MR) is 112 cm³/mol. The number of nitrogens with one attached hydrogen (secondary N) is 1. The first-order chi connectivity index (χ1) is 14.2. The van der Waals surface area contributed by atoms with Gasteiger partial charge in [-0.25, -0.2) is 4.98 Å². The van der Waals surface area contributed by atoms with Gasteiger partial charge in [-0.15, -0.1) is 6.58 Å². The molecule has 2 fully saturated rings. The zero-order valence-corrected chi connectivity index (χ0v) is 16.5. The number of ether oxygens (including phenoxy) is 2. The number of allylic oxidation sites excluding steroid dienone is 1. The molecule has 2 aromatic rings. The molecule has 1 aromatic heterocycles. The van der Waals surface area contributed by atoms with Gasteiger partial charge in [0, 0.05) is 37.1 Å². The predicted octanol–water partition coefficient (Wildman–Crippen LogP) is 3.53. The molecule has 2 heterocycles. The number of rotatable bonds is 7. The average Bonchev–Trinajstić information content (AvgIpc) is 3.55. The van der Waals surface area contributed by atoms with Crippen molar-refractivity contribution in [1.29, 1.82) is 0 Å². The van der Waals surface area contributed by atoms with Gasteiger partial charge >= 0.3 is 0 Å². The van der Waals surface area contributed by atoms with Crippen LogP contribution in [0, 0.1) is 11.8 Å². The van der Waals surface area contributed by atoms with Crippen molar-refractivity contribution in [3.05, 3.63) is 54.7 Å². The number of aromatic nitrogens is 1. The van der Waals surface area contributed by atoms with E-state index in [1.54, 1.807) is 6.20 Å². The quantitative estimate of drug-likeness (QED) is 0.703. The minimum absolute atomic E-state index is 0.00223. The van der Waals surface area contributed by atoms with E-state index in [4.69, 9.17) is 15.2 Å². The smallest absolute Gasteiger partial charge is 0.229 e. The lowest BCUT2D eigenvalue weighted by Gasteiger charge is -2.24. The van der Waals surface area contributed by atoms with Crippen molar-refractivity contribution in [2.75, 3.05) is 18.5 Å². The average molecular weight is 393 g/mol. The molecule has 1 aliphatic heterocycles. The summed E-state index contributed by atoms with van der Waals surface area (Å²) in [6.07, 6.45) is 6.37. The summed E-state index contributed by atoms with van der Waals surface area (Å²) in [6.45, 7) is 5.62. The first-order valence-corrected chi connectivity index (χ1v) is 10.1. The molecular formula is C23H27N3O3. The Morgan fingerprint density at radius 2 is 2.07 bits per heavy atom. The Balaban J connectivity index is 1.49. The molecule has 0 radical (unpaired) electrons. The number of benzene rings is 1. The van der Waals surface area contributed by atoms with Crippen LogP contribution in [0.3, 0.4) is 0 Å². The van der Waals surface area contributed by atoms with Gasteiger partial charge < -0.3 is 20.5 Å². The molecule has 2 atom stereocenters. The van der Waals surface area contributed by atoms with E-state index in [9.17, 15) is 4.79 Å². The monoisotopic (exact) mass is 393 g/mol. The third-order valence-corrected chi connectivity index (χ3v) is 5.57. The Labute approximate surface area is 171 Å². The number of nitrogens with two attached hydrogens (primary N) is 1. The van der Waals surface area contributed by atoms with Crippen molar-refractivity contribution in [1.82, 2.24) is 4.98 Å². The van der Waals surface area contributed by atoms with E-state index >= 15 is 0 Å². The van der Waals surface area contributed by atoms with Crippen molar-refractivity contribution in [3.63, 3.8) is 0 Å². The lowest BCUT2D eigenvalue weighted by Crippen LogP contribution is -2.26. The van der Waals surface area contributed by atoms with Crippen molar-refractivity contribution < 1.29 is 14.3 Å². The van der Waals surface area contributed by atoms with Crippen LogP contribution in [0.5, 0.6) is 5.75 Å². The van der Waals surface area contributed by atoms with Gasteiger partial charge in [0.1, 0.15) is 17.7 Å². The number of pyridine rings is 1. The molecule has 1 amide bonds. The number of hydrogen-bond acceptors (Lipinski definition) is 5. The van der Waals surface area contributed by atoms with E-state index in [0.717, 1.165) is 54.9 Å². The largest absolute Gasteiger partial charge is 0.490 e. The number of carbonyl (C=O) groups is 1. The van der Waals surface area contributed by atoms with E-state index < -0.39 is 0 Å². The molecule has 3 N–H and O–H groups in total. The highest BCUT2D eigenvalue weighted by atomic mass is 16.5. The Morgan fingerprint density at radius 3 is 2.79 bits per heavy atom.